The molecule has 1 heterocycles. The predicted octanol–water partition coefficient (Wildman–Crippen LogP) is 3.03. The first kappa shape index (κ1) is 18.1. The molecule has 0 spiro atoms. The molecule has 1 saturated heterocycles. The average molecular weight is 345 g/mol. The number of aliphatic hydroxyl groups is 1. The number of amides is 2. The molecule has 0 aromatic heterocycles. The van der Waals surface area contributed by atoms with Crippen molar-refractivity contribution < 1.29 is 9.90 Å². The molecule has 0 atom stereocenters. The van der Waals surface area contributed by atoms with Crippen LogP contribution in [0.1, 0.15) is 50.5 Å². The number of carbonyl (C=O) groups is 1. The van der Waals surface area contributed by atoms with Gasteiger partial charge < -0.3 is 20.6 Å². The summed E-state index contributed by atoms with van der Waals surface area (Å²) in [5.41, 5.74) is 2.35. The van der Waals surface area contributed by atoms with Gasteiger partial charge in [0.1, 0.15) is 0 Å². The van der Waals surface area contributed by atoms with Gasteiger partial charge >= 0.3 is 6.03 Å². The van der Waals surface area contributed by atoms with E-state index in [2.05, 4.69) is 39.8 Å². The van der Waals surface area contributed by atoms with Crippen molar-refractivity contribution in [3.8, 4) is 0 Å². The molecule has 1 aliphatic carbocycles. The Balaban J connectivity index is 1.42. The van der Waals surface area contributed by atoms with Gasteiger partial charge in [-0.15, -0.1) is 0 Å². The number of aliphatic hydroxyl groups excluding tert-OH is 1. The fourth-order valence-electron chi connectivity index (χ4n) is 3.86. The first-order valence-electron chi connectivity index (χ1n) is 9.73. The minimum atomic E-state index is -0.0537. The number of nitrogens with one attached hydrogen (secondary N) is 2. The van der Waals surface area contributed by atoms with Crippen molar-refractivity contribution in [3.63, 3.8) is 0 Å². The zero-order chi connectivity index (χ0) is 17.5. The summed E-state index contributed by atoms with van der Waals surface area (Å²) in [4.78, 5) is 14.4. The second-order valence-electron chi connectivity index (χ2n) is 7.44. The Hall–Kier alpha value is -1.75. The standard InChI is InChI=1S/C20H31N3O2/c24-15-17-10-12-23(13-11-17)19-8-6-16(7-9-19)14-21-20(25)22-18-4-2-1-3-5-18/h6-9,17-18,24H,1-5,10-15H2,(H2,21,22,25). The van der Waals surface area contributed by atoms with Crippen LogP contribution in [0.4, 0.5) is 10.5 Å². The van der Waals surface area contributed by atoms with E-state index < -0.39 is 0 Å². The van der Waals surface area contributed by atoms with Crippen molar-refractivity contribution in [2.45, 2.75) is 57.5 Å². The Morgan fingerprint density at radius 2 is 1.72 bits per heavy atom. The molecule has 2 amide bonds. The molecule has 0 radical (unpaired) electrons. The summed E-state index contributed by atoms with van der Waals surface area (Å²) in [5.74, 6) is 0.461. The molecular weight excluding hydrogens is 314 g/mol. The van der Waals surface area contributed by atoms with Crippen LogP contribution < -0.4 is 15.5 Å². The van der Waals surface area contributed by atoms with E-state index in [1.807, 2.05) is 0 Å². The molecule has 25 heavy (non-hydrogen) atoms. The van der Waals surface area contributed by atoms with E-state index in [4.69, 9.17) is 0 Å². The summed E-state index contributed by atoms with van der Waals surface area (Å²) in [7, 11) is 0. The van der Waals surface area contributed by atoms with E-state index in [1.54, 1.807) is 0 Å². The summed E-state index contributed by atoms with van der Waals surface area (Å²) in [5, 5.41) is 15.3. The maximum Gasteiger partial charge on any atom is 0.315 e. The molecule has 0 bridgehead atoms. The van der Waals surface area contributed by atoms with Crippen molar-refractivity contribution in [1.29, 1.82) is 0 Å². The van der Waals surface area contributed by atoms with Gasteiger partial charge in [0.15, 0.2) is 0 Å². The normalized spacial score (nSPS) is 19.6. The van der Waals surface area contributed by atoms with E-state index in [9.17, 15) is 9.90 Å². The second-order valence-corrected chi connectivity index (χ2v) is 7.44. The topological polar surface area (TPSA) is 64.6 Å². The van der Waals surface area contributed by atoms with Gasteiger partial charge in [0.05, 0.1) is 0 Å². The number of benzene rings is 1. The van der Waals surface area contributed by atoms with E-state index in [0.29, 0.717) is 25.1 Å². The van der Waals surface area contributed by atoms with Gasteiger partial charge in [-0.25, -0.2) is 4.79 Å². The van der Waals surface area contributed by atoms with Crippen LogP contribution in [0.2, 0.25) is 0 Å². The van der Waals surface area contributed by atoms with Crippen LogP contribution in [-0.2, 0) is 6.54 Å². The van der Waals surface area contributed by atoms with Gasteiger partial charge in [0.2, 0.25) is 0 Å². The van der Waals surface area contributed by atoms with Gasteiger partial charge in [-0.2, -0.15) is 0 Å². The lowest BCUT2D eigenvalue weighted by Gasteiger charge is -2.33. The Morgan fingerprint density at radius 1 is 1.04 bits per heavy atom. The quantitative estimate of drug-likeness (QED) is 0.768. The van der Waals surface area contributed by atoms with E-state index >= 15 is 0 Å². The average Bonchev–Trinajstić information content (AvgIpc) is 2.68. The molecule has 2 fully saturated rings. The summed E-state index contributed by atoms with van der Waals surface area (Å²) in [6.07, 6.45) is 8.07. The number of anilines is 1. The Morgan fingerprint density at radius 3 is 2.36 bits per heavy atom. The highest BCUT2D eigenvalue weighted by atomic mass is 16.3. The van der Waals surface area contributed by atoms with Gasteiger partial charge in [-0.1, -0.05) is 31.4 Å². The van der Waals surface area contributed by atoms with Crippen molar-refractivity contribution in [3.05, 3.63) is 29.8 Å². The first-order chi connectivity index (χ1) is 12.2. The molecule has 3 rings (SSSR count). The Labute approximate surface area is 150 Å². The number of nitrogens with zero attached hydrogens (tertiary/aromatic N) is 1. The molecule has 1 aromatic rings. The molecule has 5 heteroatoms. The number of urea groups is 1. The molecule has 1 saturated carbocycles. The Kier molecular flexibility index (Phi) is 6.56. The van der Waals surface area contributed by atoms with E-state index in [0.717, 1.165) is 44.3 Å². The van der Waals surface area contributed by atoms with Gasteiger partial charge in [0, 0.05) is 38.0 Å². The highest BCUT2D eigenvalue weighted by Crippen LogP contribution is 2.23. The van der Waals surface area contributed by atoms with Crippen molar-refractivity contribution >= 4 is 11.7 Å². The summed E-state index contributed by atoms with van der Waals surface area (Å²) in [6, 6.07) is 8.74. The van der Waals surface area contributed by atoms with E-state index in [1.165, 1.54) is 24.9 Å². The smallest absolute Gasteiger partial charge is 0.315 e. The molecule has 3 N–H and O–H groups in total. The SMILES string of the molecule is O=C(NCc1ccc(N2CCC(CO)CC2)cc1)NC1CCCCC1. The number of piperidine rings is 1. The lowest BCUT2D eigenvalue weighted by Crippen LogP contribution is -2.42. The monoisotopic (exact) mass is 345 g/mol. The van der Waals surface area contributed by atoms with Gasteiger partial charge in [-0.3, -0.25) is 0 Å². The van der Waals surface area contributed by atoms with E-state index in [-0.39, 0.29) is 6.03 Å². The van der Waals surface area contributed by atoms with Crippen LogP contribution in [0.15, 0.2) is 24.3 Å². The van der Waals surface area contributed by atoms with Crippen LogP contribution in [0.25, 0.3) is 0 Å². The highest BCUT2D eigenvalue weighted by molar-refractivity contribution is 5.74. The number of hydrogen-bond donors (Lipinski definition) is 3. The van der Waals surface area contributed by atoms with Crippen LogP contribution in [-0.4, -0.2) is 36.9 Å². The number of hydrogen-bond acceptors (Lipinski definition) is 3. The molecule has 5 nitrogen and oxygen atoms in total. The molecule has 1 aromatic carbocycles. The highest BCUT2D eigenvalue weighted by Gasteiger charge is 2.18. The molecule has 0 unspecified atom stereocenters. The maximum atomic E-state index is 12.0. The van der Waals surface area contributed by atoms with Gasteiger partial charge in [0.25, 0.3) is 0 Å². The predicted molar refractivity (Wildman–Crippen MR) is 101 cm³/mol. The van der Waals surface area contributed by atoms with Crippen LogP contribution >= 0.6 is 0 Å². The third-order valence-electron chi connectivity index (χ3n) is 5.57. The minimum absolute atomic E-state index is 0.0537. The fraction of sp³-hybridized carbons (Fsp3) is 0.650. The lowest BCUT2D eigenvalue weighted by atomic mass is 9.96. The Bertz CT molecular complexity index is 532. The first-order valence-corrected chi connectivity index (χ1v) is 9.73. The van der Waals surface area contributed by atoms with Crippen molar-refractivity contribution in [2.24, 2.45) is 5.92 Å². The maximum absolute atomic E-state index is 12.0. The van der Waals surface area contributed by atoms with Crippen molar-refractivity contribution in [2.75, 3.05) is 24.6 Å². The summed E-state index contributed by atoms with van der Waals surface area (Å²) < 4.78 is 0. The molecule has 138 valence electrons. The number of rotatable bonds is 5. The third kappa shape index (κ3) is 5.36. The largest absolute Gasteiger partial charge is 0.396 e. The van der Waals surface area contributed by atoms with Crippen LogP contribution in [0.5, 0.6) is 0 Å². The summed E-state index contributed by atoms with van der Waals surface area (Å²) >= 11 is 0. The third-order valence-corrected chi connectivity index (χ3v) is 5.57. The zero-order valence-electron chi connectivity index (χ0n) is 15.0. The van der Waals surface area contributed by atoms with Crippen molar-refractivity contribution in [1.82, 2.24) is 10.6 Å². The van der Waals surface area contributed by atoms with Gasteiger partial charge in [-0.05, 0) is 49.3 Å². The number of carbonyl (C=O) groups excluding carboxylic acids is 1. The molecular formula is C20H31N3O2. The fourth-order valence-corrected chi connectivity index (χ4v) is 3.86. The summed E-state index contributed by atoms with van der Waals surface area (Å²) in [6.45, 7) is 2.88. The minimum Gasteiger partial charge on any atom is -0.396 e. The van der Waals surface area contributed by atoms with Crippen LogP contribution in [0.3, 0.4) is 0 Å². The van der Waals surface area contributed by atoms with Crippen LogP contribution in [0, 0.1) is 5.92 Å². The molecule has 2 aliphatic rings. The second kappa shape index (κ2) is 9.09. The molecule has 1 aliphatic heterocycles. The lowest BCUT2D eigenvalue weighted by molar-refractivity contribution is 0.203. The zero-order valence-corrected chi connectivity index (χ0v) is 15.0.